The second kappa shape index (κ2) is 10.9. The van der Waals surface area contributed by atoms with Crippen LogP contribution in [0.1, 0.15) is 35.4 Å². The van der Waals surface area contributed by atoms with Gasteiger partial charge in [-0.25, -0.2) is 13.6 Å². The van der Waals surface area contributed by atoms with E-state index in [-0.39, 0.29) is 23.6 Å². The summed E-state index contributed by atoms with van der Waals surface area (Å²) >= 11 is 0. The number of nitrogens with zero attached hydrogens (tertiary/aromatic N) is 2. The zero-order valence-electron chi connectivity index (χ0n) is 18.5. The predicted octanol–water partition coefficient (Wildman–Crippen LogP) is 6.33. The minimum absolute atomic E-state index is 0.0220. The highest BCUT2D eigenvalue weighted by Gasteiger charge is 2.27. The first kappa shape index (κ1) is 22.7. The summed E-state index contributed by atoms with van der Waals surface area (Å²) in [6, 6.07) is 23.1. The monoisotopic (exact) mass is 446 g/mol. The number of carbonyl (C=O) groups excluding carboxylic acids is 1. The second-order valence-electron chi connectivity index (χ2n) is 8.33. The second-order valence-corrected chi connectivity index (χ2v) is 8.33. The van der Waals surface area contributed by atoms with E-state index in [1.54, 1.807) is 24.3 Å². The quantitative estimate of drug-likeness (QED) is 0.377. The number of rotatable bonds is 9. The number of amides is 2. The van der Waals surface area contributed by atoms with Crippen molar-refractivity contribution in [2.24, 2.45) is 0 Å². The molecule has 0 N–H and O–H groups in total. The normalized spacial score (nSPS) is 14.1. The fourth-order valence-electron chi connectivity index (χ4n) is 4.29. The fraction of sp³-hybridized carbons (Fsp3) is 0.250. The van der Waals surface area contributed by atoms with Crippen molar-refractivity contribution in [1.82, 2.24) is 9.80 Å². The number of benzene rings is 3. The molecule has 3 aromatic rings. The van der Waals surface area contributed by atoms with E-state index in [0.29, 0.717) is 13.1 Å². The van der Waals surface area contributed by atoms with Crippen molar-refractivity contribution in [2.75, 3.05) is 26.2 Å². The summed E-state index contributed by atoms with van der Waals surface area (Å²) in [5, 5.41) is 0. The van der Waals surface area contributed by atoms with Crippen molar-refractivity contribution in [3.8, 4) is 0 Å². The number of halogens is 2. The van der Waals surface area contributed by atoms with E-state index < -0.39 is 0 Å². The van der Waals surface area contributed by atoms with Gasteiger partial charge in [0.1, 0.15) is 11.6 Å². The van der Waals surface area contributed by atoms with Gasteiger partial charge in [-0.1, -0.05) is 66.7 Å². The first-order valence-corrected chi connectivity index (χ1v) is 11.4. The molecule has 3 nitrogen and oxygen atoms in total. The van der Waals surface area contributed by atoms with Gasteiger partial charge in [-0.15, -0.1) is 0 Å². The van der Waals surface area contributed by atoms with Gasteiger partial charge in [-0.3, -0.25) is 0 Å². The van der Waals surface area contributed by atoms with Crippen molar-refractivity contribution >= 4 is 12.1 Å². The Kier molecular flexibility index (Phi) is 7.51. The summed E-state index contributed by atoms with van der Waals surface area (Å²) in [7, 11) is 0. The average Bonchev–Trinajstić information content (AvgIpc) is 3.18. The Hall–Kier alpha value is -3.47. The molecule has 0 aromatic heterocycles. The van der Waals surface area contributed by atoms with Gasteiger partial charge in [-0.2, -0.15) is 0 Å². The number of hydrogen-bond acceptors (Lipinski definition) is 1. The van der Waals surface area contributed by atoms with Crippen LogP contribution in [0, 0.1) is 11.6 Å². The van der Waals surface area contributed by atoms with Crippen LogP contribution in [0.2, 0.25) is 0 Å². The zero-order chi connectivity index (χ0) is 23.0. The van der Waals surface area contributed by atoms with Gasteiger partial charge in [0.15, 0.2) is 0 Å². The van der Waals surface area contributed by atoms with Crippen molar-refractivity contribution in [1.29, 1.82) is 0 Å². The smallest absolute Gasteiger partial charge is 0.320 e. The Balaban J connectivity index is 1.33. The van der Waals surface area contributed by atoms with E-state index >= 15 is 0 Å². The van der Waals surface area contributed by atoms with Gasteiger partial charge in [-0.05, 0) is 53.8 Å². The van der Waals surface area contributed by atoms with E-state index in [1.807, 2.05) is 52.3 Å². The molecule has 1 heterocycles. The van der Waals surface area contributed by atoms with Gasteiger partial charge in [0.2, 0.25) is 0 Å². The van der Waals surface area contributed by atoms with Crippen LogP contribution in [0.4, 0.5) is 13.6 Å². The third-order valence-corrected chi connectivity index (χ3v) is 6.08. The van der Waals surface area contributed by atoms with Gasteiger partial charge in [0.25, 0.3) is 0 Å². The van der Waals surface area contributed by atoms with Gasteiger partial charge in [0, 0.05) is 32.1 Å². The number of carbonyl (C=O) groups is 1. The van der Waals surface area contributed by atoms with Crippen LogP contribution in [-0.2, 0) is 0 Å². The molecule has 0 saturated carbocycles. The van der Waals surface area contributed by atoms with Crippen LogP contribution in [-0.4, -0.2) is 42.0 Å². The lowest BCUT2D eigenvalue weighted by Gasteiger charge is -2.21. The SMILES string of the molecule is O=C1N(C/C=C/c2ccccc2)CCN1CCCC(c1ccc(F)cc1)c1ccc(F)cc1. The van der Waals surface area contributed by atoms with Crippen LogP contribution >= 0.6 is 0 Å². The Morgan fingerprint density at radius 1 is 0.788 bits per heavy atom. The van der Waals surface area contributed by atoms with Crippen molar-refractivity contribution < 1.29 is 13.6 Å². The molecular formula is C28H28F2N2O. The summed E-state index contributed by atoms with van der Waals surface area (Å²) in [6.45, 7) is 2.70. The minimum atomic E-state index is -0.277. The lowest BCUT2D eigenvalue weighted by atomic mass is 9.87. The third kappa shape index (κ3) is 6.07. The summed E-state index contributed by atoms with van der Waals surface area (Å²) in [5.74, 6) is -0.532. The lowest BCUT2D eigenvalue weighted by Crippen LogP contribution is -2.32. The molecule has 4 rings (SSSR count). The molecule has 1 aliphatic rings. The average molecular weight is 447 g/mol. The molecule has 0 aliphatic carbocycles. The van der Waals surface area contributed by atoms with Crippen LogP contribution < -0.4 is 0 Å². The highest BCUT2D eigenvalue weighted by Crippen LogP contribution is 2.30. The molecule has 0 radical (unpaired) electrons. The first-order valence-electron chi connectivity index (χ1n) is 11.4. The molecule has 1 aliphatic heterocycles. The molecule has 1 saturated heterocycles. The number of urea groups is 1. The van der Waals surface area contributed by atoms with Crippen LogP contribution in [0.5, 0.6) is 0 Å². The van der Waals surface area contributed by atoms with E-state index in [1.165, 1.54) is 24.3 Å². The Morgan fingerprint density at radius 2 is 1.36 bits per heavy atom. The molecule has 0 spiro atoms. The highest BCUT2D eigenvalue weighted by atomic mass is 19.1. The van der Waals surface area contributed by atoms with E-state index in [2.05, 4.69) is 0 Å². The molecule has 5 heteroatoms. The standard InChI is InChI=1S/C28H28F2N2O/c29-25-14-10-23(11-15-25)27(24-12-16-26(30)17-13-24)9-5-19-32-21-20-31(28(32)33)18-4-8-22-6-2-1-3-7-22/h1-4,6-8,10-17,27H,5,9,18-21H2/b8-4+. The van der Waals surface area contributed by atoms with E-state index in [9.17, 15) is 13.6 Å². The molecular weight excluding hydrogens is 418 g/mol. The van der Waals surface area contributed by atoms with E-state index in [4.69, 9.17) is 0 Å². The maximum Gasteiger partial charge on any atom is 0.320 e. The van der Waals surface area contributed by atoms with E-state index in [0.717, 1.165) is 42.6 Å². The van der Waals surface area contributed by atoms with Crippen molar-refractivity contribution in [3.05, 3.63) is 113 Å². The predicted molar refractivity (Wildman–Crippen MR) is 128 cm³/mol. The Morgan fingerprint density at radius 3 is 1.97 bits per heavy atom. The summed E-state index contributed by atoms with van der Waals surface area (Å²) in [6.07, 6.45) is 5.65. The molecule has 0 bridgehead atoms. The topological polar surface area (TPSA) is 23.6 Å². The minimum Gasteiger partial charge on any atom is -0.323 e. The van der Waals surface area contributed by atoms with Crippen molar-refractivity contribution in [2.45, 2.75) is 18.8 Å². The molecule has 0 unspecified atom stereocenters. The van der Waals surface area contributed by atoms with Gasteiger partial charge >= 0.3 is 6.03 Å². The fourth-order valence-corrected chi connectivity index (χ4v) is 4.29. The zero-order valence-corrected chi connectivity index (χ0v) is 18.5. The summed E-state index contributed by atoms with van der Waals surface area (Å²) in [5.41, 5.74) is 3.10. The number of hydrogen-bond donors (Lipinski definition) is 0. The van der Waals surface area contributed by atoms with Crippen LogP contribution in [0.3, 0.4) is 0 Å². The third-order valence-electron chi connectivity index (χ3n) is 6.08. The molecule has 3 aromatic carbocycles. The van der Waals surface area contributed by atoms with Gasteiger partial charge < -0.3 is 9.80 Å². The molecule has 0 atom stereocenters. The molecule has 170 valence electrons. The lowest BCUT2D eigenvalue weighted by molar-refractivity contribution is 0.194. The largest absolute Gasteiger partial charge is 0.323 e. The molecule has 33 heavy (non-hydrogen) atoms. The Bertz CT molecular complexity index is 1020. The summed E-state index contributed by atoms with van der Waals surface area (Å²) in [4.78, 5) is 16.5. The maximum absolute atomic E-state index is 13.4. The van der Waals surface area contributed by atoms with Crippen LogP contribution in [0.25, 0.3) is 6.08 Å². The van der Waals surface area contributed by atoms with Crippen molar-refractivity contribution in [3.63, 3.8) is 0 Å². The first-order chi connectivity index (χ1) is 16.1. The molecule has 1 fully saturated rings. The molecule has 2 amide bonds. The summed E-state index contributed by atoms with van der Waals surface area (Å²) < 4.78 is 26.8. The van der Waals surface area contributed by atoms with Crippen LogP contribution in [0.15, 0.2) is 84.9 Å². The Labute approximate surface area is 194 Å². The maximum atomic E-state index is 13.4. The highest BCUT2D eigenvalue weighted by molar-refractivity contribution is 5.76. The van der Waals surface area contributed by atoms with Gasteiger partial charge in [0.05, 0.1) is 0 Å².